The highest BCUT2D eigenvalue weighted by Crippen LogP contribution is 2.27. The van der Waals surface area contributed by atoms with Crippen LogP contribution in [-0.4, -0.2) is 20.8 Å². The number of amides is 1. The molecule has 0 saturated carbocycles. The van der Waals surface area contributed by atoms with Crippen molar-refractivity contribution in [1.29, 1.82) is 0 Å². The van der Waals surface area contributed by atoms with Crippen LogP contribution < -0.4 is 5.73 Å². The van der Waals surface area contributed by atoms with Gasteiger partial charge in [-0.05, 0) is 41.5 Å². The Bertz CT molecular complexity index is 1130. The quantitative estimate of drug-likeness (QED) is 0.594. The van der Waals surface area contributed by atoms with Crippen LogP contribution in [0.15, 0.2) is 66.9 Å². The predicted molar refractivity (Wildman–Crippen MR) is 96.6 cm³/mol. The maximum Gasteiger partial charge on any atom is 0.248 e. The Hall–Kier alpha value is -3.67. The first-order valence-corrected chi connectivity index (χ1v) is 7.90. The summed E-state index contributed by atoms with van der Waals surface area (Å²) in [5.74, 6) is -1.57. The number of primary amides is 1. The lowest BCUT2D eigenvalue weighted by molar-refractivity contribution is 0.100. The molecule has 1 aromatic heterocycles. The van der Waals surface area contributed by atoms with Crippen LogP contribution in [0.4, 0.5) is 4.39 Å². The maximum absolute atomic E-state index is 13.5. The summed E-state index contributed by atoms with van der Waals surface area (Å²) in [4.78, 5) is 11.3. The fourth-order valence-corrected chi connectivity index (χ4v) is 2.89. The lowest BCUT2D eigenvalue weighted by atomic mass is 10.0. The van der Waals surface area contributed by atoms with Crippen molar-refractivity contribution in [2.75, 3.05) is 0 Å². The van der Waals surface area contributed by atoms with E-state index >= 15 is 0 Å². The smallest absolute Gasteiger partial charge is 0.248 e. The summed E-state index contributed by atoms with van der Waals surface area (Å²) in [5, 5.41) is 14.5. The number of phenolic OH excluding ortho intramolecular Hbond substituents is 1. The van der Waals surface area contributed by atoms with Crippen LogP contribution in [0.25, 0.3) is 27.7 Å². The molecule has 5 nitrogen and oxygen atoms in total. The lowest BCUT2D eigenvalue weighted by Crippen LogP contribution is -2.10. The fraction of sp³-hybridized carbons (Fsp3) is 0. The van der Waals surface area contributed by atoms with Gasteiger partial charge in [-0.3, -0.25) is 4.79 Å². The van der Waals surface area contributed by atoms with Gasteiger partial charge in [0.05, 0.1) is 17.4 Å². The molecule has 0 unspecified atom stereocenters. The normalized spacial score (nSPS) is 11.0. The number of hydrogen-bond acceptors (Lipinski definition) is 3. The number of fused-ring (bicyclic) bond motifs is 1. The Morgan fingerprint density at radius 1 is 1.04 bits per heavy atom. The second-order valence-electron chi connectivity index (χ2n) is 5.91. The van der Waals surface area contributed by atoms with Crippen molar-refractivity contribution in [1.82, 2.24) is 9.78 Å². The number of carbonyl (C=O) groups is 1. The standard InChI is InChI=1S/C20H14FN3O2/c21-17-9-15-11-23-24(18(15)10-19(17)25)16-6-4-12(5-7-16)13-2-1-3-14(8-13)20(22)26/h1-11,25H,(H2,22,26). The van der Waals surface area contributed by atoms with Crippen molar-refractivity contribution in [3.05, 3.63) is 78.2 Å². The van der Waals surface area contributed by atoms with Gasteiger partial charge in [-0.25, -0.2) is 9.07 Å². The molecule has 3 N–H and O–H groups in total. The van der Waals surface area contributed by atoms with Gasteiger partial charge in [0, 0.05) is 17.0 Å². The molecular formula is C20H14FN3O2. The minimum absolute atomic E-state index is 0.417. The average Bonchev–Trinajstić information content (AvgIpc) is 3.05. The predicted octanol–water partition coefficient (Wildman–Crippen LogP) is 3.64. The molecule has 0 aliphatic rings. The first-order valence-electron chi connectivity index (χ1n) is 7.90. The van der Waals surface area contributed by atoms with Gasteiger partial charge in [-0.1, -0.05) is 24.3 Å². The molecule has 1 amide bonds. The summed E-state index contributed by atoms with van der Waals surface area (Å²) in [6.45, 7) is 0. The zero-order valence-corrected chi connectivity index (χ0v) is 13.6. The Balaban J connectivity index is 1.74. The van der Waals surface area contributed by atoms with Crippen molar-refractivity contribution < 1.29 is 14.3 Å². The molecule has 4 aromatic rings. The highest BCUT2D eigenvalue weighted by Gasteiger charge is 2.10. The number of halogens is 1. The van der Waals surface area contributed by atoms with Gasteiger partial charge in [0.15, 0.2) is 11.6 Å². The minimum atomic E-state index is -0.679. The Kier molecular flexibility index (Phi) is 3.65. The van der Waals surface area contributed by atoms with E-state index in [4.69, 9.17) is 5.73 Å². The van der Waals surface area contributed by atoms with Crippen molar-refractivity contribution in [3.63, 3.8) is 0 Å². The molecule has 1 heterocycles. The molecular weight excluding hydrogens is 333 g/mol. The first-order chi connectivity index (χ1) is 12.5. The molecule has 0 aliphatic heterocycles. The van der Waals surface area contributed by atoms with Crippen LogP contribution in [0.2, 0.25) is 0 Å². The molecule has 6 heteroatoms. The van der Waals surface area contributed by atoms with Gasteiger partial charge in [0.2, 0.25) is 5.91 Å². The topological polar surface area (TPSA) is 81.1 Å². The third-order valence-electron chi connectivity index (χ3n) is 4.23. The molecule has 0 spiro atoms. The van der Waals surface area contributed by atoms with E-state index in [0.717, 1.165) is 16.8 Å². The Morgan fingerprint density at radius 3 is 2.54 bits per heavy atom. The van der Waals surface area contributed by atoms with Gasteiger partial charge in [0.25, 0.3) is 0 Å². The maximum atomic E-state index is 13.5. The molecule has 0 saturated heterocycles. The summed E-state index contributed by atoms with van der Waals surface area (Å²) in [5.41, 5.74) is 8.93. The van der Waals surface area contributed by atoms with Crippen LogP contribution in [0.3, 0.4) is 0 Å². The van der Waals surface area contributed by atoms with E-state index in [1.807, 2.05) is 30.3 Å². The number of benzene rings is 3. The Labute approximate surface area is 148 Å². The van der Waals surface area contributed by atoms with E-state index in [-0.39, 0.29) is 0 Å². The van der Waals surface area contributed by atoms with Crippen molar-refractivity contribution >= 4 is 16.8 Å². The molecule has 0 fully saturated rings. The van der Waals surface area contributed by atoms with Crippen LogP contribution in [-0.2, 0) is 0 Å². The third-order valence-corrected chi connectivity index (χ3v) is 4.23. The molecule has 128 valence electrons. The van der Waals surface area contributed by atoms with Crippen molar-refractivity contribution in [2.24, 2.45) is 5.73 Å². The van der Waals surface area contributed by atoms with Crippen molar-refractivity contribution in [3.8, 4) is 22.6 Å². The fourth-order valence-electron chi connectivity index (χ4n) is 2.89. The molecule has 0 aliphatic carbocycles. The number of nitrogens with two attached hydrogens (primary N) is 1. The number of aromatic nitrogens is 2. The first kappa shape index (κ1) is 15.8. The second-order valence-corrected chi connectivity index (χ2v) is 5.91. The molecule has 0 bridgehead atoms. The Morgan fingerprint density at radius 2 is 1.81 bits per heavy atom. The number of rotatable bonds is 3. The largest absolute Gasteiger partial charge is 0.505 e. The number of aromatic hydroxyl groups is 1. The summed E-state index contributed by atoms with van der Waals surface area (Å²) >= 11 is 0. The number of phenols is 1. The minimum Gasteiger partial charge on any atom is -0.505 e. The number of carbonyl (C=O) groups excluding carboxylic acids is 1. The SMILES string of the molecule is NC(=O)c1cccc(-c2ccc(-n3ncc4cc(F)c(O)cc43)cc2)c1. The summed E-state index contributed by atoms with van der Waals surface area (Å²) in [6.07, 6.45) is 1.54. The number of nitrogens with zero attached hydrogens (tertiary/aromatic N) is 2. The molecule has 26 heavy (non-hydrogen) atoms. The van der Waals surface area contributed by atoms with E-state index < -0.39 is 17.5 Å². The lowest BCUT2D eigenvalue weighted by Gasteiger charge is -2.07. The number of hydrogen-bond donors (Lipinski definition) is 2. The summed E-state index contributed by atoms with van der Waals surface area (Å²) in [6, 6.07) is 17.2. The van der Waals surface area contributed by atoms with Crippen LogP contribution in [0.5, 0.6) is 5.75 Å². The van der Waals surface area contributed by atoms with Gasteiger partial charge < -0.3 is 10.8 Å². The highest BCUT2D eigenvalue weighted by molar-refractivity contribution is 5.94. The van der Waals surface area contributed by atoms with E-state index in [2.05, 4.69) is 5.10 Å². The highest BCUT2D eigenvalue weighted by atomic mass is 19.1. The van der Waals surface area contributed by atoms with E-state index in [0.29, 0.717) is 16.5 Å². The average molecular weight is 347 g/mol. The van der Waals surface area contributed by atoms with Gasteiger partial charge in [0.1, 0.15) is 0 Å². The molecule has 0 atom stereocenters. The molecule has 0 radical (unpaired) electrons. The van der Waals surface area contributed by atoms with Crippen molar-refractivity contribution in [2.45, 2.75) is 0 Å². The van der Waals surface area contributed by atoms with Gasteiger partial charge >= 0.3 is 0 Å². The molecule has 3 aromatic carbocycles. The van der Waals surface area contributed by atoms with E-state index in [1.165, 1.54) is 12.1 Å². The third kappa shape index (κ3) is 2.67. The van der Waals surface area contributed by atoms with Gasteiger partial charge in [-0.15, -0.1) is 0 Å². The zero-order chi connectivity index (χ0) is 18.3. The zero-order valence-electron chi connectivity index (χ0n) is 13.6. The van der Waals surface area contributed by atoms with E-state index in [1.54, 1.807) is 29.1 Å². The van der Waals surface area contributed by atoms with Crippen LogP contribution in [0, 0.1) is 5.82 Å². The second kappa shape index (κ2) is 6.00. The molecule has 4 rings (SSSR count). The summed E-state index contributed by atoms with van der Waals surface area (Å²) in [7, 11) is 0. The van der Waals surface area contributed by atoms with E-state index in [9.17, 15) is 14.3 Å². The van der Waals surface area contributed by atoms with Crippen LogP contribution in [0.1, 0.15) is 10.4 Å². The summed E-state index contributed by atoms with van der Waals surface area (Å²) < 4.78 is 15.1. The van der Waals surface area contributed by atoms with Crippen LogP contribution >= 0.6 is 0 Å². The van der Waals surface area contributed by atoms with Gasteiger partial charge in [-0.2, -0.15) is 5.10 Å². The monoisotopic (exact) mass is 347 g/mol.